The van der Waals surface area contributed by atoms with Crippen molar-refractivity contribution in [1.82, 2.24) is 0 Å². The van der Waals surface area contributed by atoms with Crippen molar-refractivity contribution in [3.8, 4) is 0 Å². The zero-order chi connectivity index (χ0) is 21.7. The fourth-order valence-corrected chi connectivity index (χ4v) is 9.31. The fourth-order valence-electron chi connectivity index (χ4n) is 8.98. The molecular formula is C24H42O5S. The van der Waals surface area contributed by atoms with Crippen molar-refractivity contribution < 1.29 is 22.3 Å². The second kappa shape index (κ2) is 8.31. The maximum atomic E-state index is 10.8. The van der Waals surface area contributed by atoms with E-state index in [4.69, 9.17) is 4.55 Å². The minimum absolute atomic E-state index is 0.0741. The van der Waals surface area contributed by atoms with Gasteiger partial charge in [-0.3, -0.25) is 4.55 Å². The van der Waals surface area contributed by atoms with Gasteiger partial charge in [0.15, 0.2) is 0 Å². The maximum Gasteiger partial charge on any atom is 0.397 e. The second-order valence-corrected chi connectivity index (χ2v) is 12.8. The first-order valence-corrected chi connectivity index (χ1v) is 13.7. The van der Waals surface area contributed by atoms with Gasteiger partial charge in [-0.15, -0.1) is 0 Å². The zero-order valence-corrected chi connectivity index (χ0v) is 19.9. The molecule has 4 fully saturated rings. The summed E-state index contributed by atoms with van der Waals surface area (Å²) in [5.41, 5.74) is 0.835. The highest BCUT2D eigenvalue weighted by Gasteiger charge is 2.60. The fraction of sp³-hybridized carbons (Fsp3) is 1.00. The highest BCUT2D eigenvalue weighted by atomic mass is 32.3. The standard InChI is InChI=1S/C24H42O5S/c1-16(5-4-14-29-30(26,27)28)20-8-9-21-19-7-6-17-15-18(25)10-12-23(17,2)22(19)11-13-24(20,21)3/h16-22,25H,4-15H2,1-3H3,(H,26,27,28)/t16-,17+,18-,19?,20-,21?,22?,23+,24-/m1/s1. The van der Waals surface area contributed by atoms with Gasteiger partial charge in [-0.05, 0) is 117 Å². The van der Waals surface area contributed by atoms with E-state index in [-0.39, 0.29) is 12.7 Å². The molecule has 4 rings (SSSR count). The van der Waals surface area contributed by atoms with Crippen LogP contribution in [-0.4, -0.2) is 30.8 Å². The number of aliphatic hydroxyl groups is 1. The molecule has 0 amide bonds. The molecule has 0 aliphatic heterocycles. The Bertz CT molecular complexity index is 723. The van der Waals surface area contributed by atoms with Crippen LogP contribution in [0.2, 0.25) is 0 Å². The van der Waals surface area contributed by atoms with Gasteiger partial charge in [-0.2, -0.15) is 8.42 Å². The molecule has 0 bridgehead atoms. The van der Waals surface area contributed by atoms with Crippen LogP contribution in [0.4, 0.5) is 0 Å². The van der Waals surface area contributed by atoms with Gasteiger partial charge in [-0.25, -0.2) is 4.18 Å². The lowest BCUT2D eigenvalue weighted by atomic mass is 9.44. The van der Waals surface area contributed by atoms with Crippen molar-refractivity contribution >= 4 is 10.4 Å². The van der Waals surface area contributed by atoms with Crippen LogP contribution in [0.3, 0.4) is 0 Å². The van der Waals surface area contributed by atoms with Crippen LogP contribution in [-0.2, 0) is 14.6 Å². The van der Waals surface area contributed by atoms with Crippen molar-refractivity contribution in [2.45, 2.75) is 97.5 Å². The minimum Gasteiger partial charge on any atom is -0.393 e. The van der Waals surface area contributed by atoms with E-state index in [1.165, 1.54) is 44.9 Å². The monoisotopic (exact) mass is 442 g/mol. The molecule has 5 nitrogen and oxygen atoms in total. The summed E-state index contributed by atoms with van der Waals surface area (Å²) in [6, 6.07) is 0. The van der Waals surface area contributed by atoms with Gasteiger partial charge in [-0.1, -0.05) is 20.8 Å². The molecule has 0 radical (unpaired) electrons. The first-order chi connectivity index (χ1) is 14.0. The summed E-state index contributed by atoms with van der Waals surface area (Å²) in [5.74, 6) is 4.47. The molecular weight excluding hydrogens is 400 g/mol. The summed E-state index contributed by atoms with van der Waals surface area (Å²) in [4.78, 5) is 0. The SMILES string of the molecule is C[C@H](CCCOS(=O)(=O)O)[C@H]1CCC2C3CC[C@H]4C[C@H](O)CC[C@]4(C)C3CC[C@@]21C. The Kier molecular flexibility index (Phi) is 6.37. The average molecular weight is 443 g/mol. The summed E-state index contributed by atoms with van der Waals surface area (Å²) in [5, 5.41) is 10.2. The number of rotatable bonds is 6. The predicted octanol–water partition coefficient (Wildman–Crippen LogP) is 5.24. The van der Waals surface area contributed by atoms with Crippen LogP contribution in [0.1, 0.15) is 91.4 Å². The molecule has 0 aromatic rings. The summed E-state index contributed by atoms with van der Waals surface area (Å²) < 4.78 is 34.8. The molecule has 3 unspecified atom stereocenters. The molecule has 0 aromatic carbocycles. The van der Waals surface area contributed by atoms with Gasteiger partial charge >= 0.3 is 10.4 Å². The first-order valence-electron chi connectivity index (χ1n) is 12.3. The number of hydrogen-bond donors (Lipinski definition) is 2. The summed E-state index contributed by atoms with van der Waals surface area (Å²) in [6.07, 6.45) is 12.7. The smallest absolute Gasteiger partial charge is 0.393 e. The van der Waals surface area contributed by atoms with E-state index in [9.17, 15) is 13.5 Å². The highest BCUT2D eigenvalue weighted by molar-refractivity contribution is 7.80. The van der Waals surface area contributed by atoms with Crippen molar-refractivity contribution in [2.75, 3.05) is 6.61 Å². The zero-order valence-electron chi connectivity index (χ0n) is 19.1. The predicted molar refractivity (Wildman–Crippen MR) is 117 cm³/mol. The third-order valence-electron chi connectivity index (χ3n) is 10.4. The molecule has 0 heterocycles. The Labute approximate surface area is 183 Å². The lowest BCUT2D eigenvalue weighted by Crippen LogP contribution is -2.54. The molecule has 4 aliphatic rings. The van der Waals surface area contributed by atoms with Crippen molar-refractivity contribution in [1.29, 1.82) is 0 Å². The molecule has 0 spiro atoms. The van der Waals surface area contributed by atoms with Crippen LogP contribution in [0.5, 0.6) is 0 Å². The van der Waals surface area contributed by atoms with E-state index in [1.54, 1.807) is 0 Å². The van der Waals surface area contributed by atoms with Gasteiger partial charge in [0.05, 0.1) is 12.7 Å². The second-order valence-electron chi connectivity index (χ2n) is 11.7. The molecule has 9 atom stereocenters. The van der Waals surface area contributed by atoms with Crippen LogP contribution >= 0.6 is 0 Å². The lowest BCUT2D eigenvalue weighted by Gasteiger charge is -2.61. The van der Waals surface area contributed by atoms with Crippen molar-refractivity contribution in [2.24, 2.45) is 46.3 Å². The van der Waals surface area contributed by atoms with E-state index >= 15 is 0 Å². The largest absolute Gasteiger partial charge is 0.397 e. The molecule has 2 N–H and O–H groups in total. The van der Waals surface area contributed by atoms with Crippen LogP contribution in [0.25, 0.3) is 0 Å². The molecule has 30 heavy (non-hydrogen) atoms. The Hall–Kier alpha value is -0.170. The number of hydrogen-bond acceptors (Lipinski definition) is 4. The molecule has 174 valence electrons. The third-order valence-corrected chi connectivity index (χ3v) is 10.9. The van der Waals surface area contributed by atoms with Crippen LogP contribution in [0.15, 0.2) is 0 Å². The van der Waals surface area contributed by atoms with E-state index in [0.29, 0.717) is 35.0 Å². The Morgan fingerprint density at radius 3 is 2.43 bits per heavy atom. The Morgan fingerprint density at radius 2 is 1.70 bits per heavy atom. The summed E-state index contributed by atoms with van der Waals surface area (Å²) >= 11 is 0. The van der Waals surface area contributed by atoms with E-state index in [1.807, 2.05) is 0 Å². The van der Waals surface area contributed by atoms with Crippen molar-refractivity contribution in [3.05, 3.63) is 0 Å². The Balaban J connectivity index is 1.41. The normalized spacial score (nSPS) is 47.2. The maximum absolute atomic E-state index is 10.8. The third kappa shape index (κ3) is 4.11. The molecule has 4 aliphatic carbocycles. The van der Waals surface area contributed by atoms with E-state index in [2.05, 4.69) is 25.0 Å². The average Bonchev–Trinajstić information content (AvgIpc) is 3.02. The number of fused-ring (bicyclic) bond motifs is 5. The quantitative estimate of drug-likeness (QED) is 0.434. The molecule has 6 heteroatoms. The topological polar surface area (TPSA) is 83.8 Å². The highest BCUT2D eigenvalue weighted by Crippen LogP contribution is 2.68. The van der Waals surface area contributed by atoms with E-state index < -0.39 is 10.4 Å². The van der Waals surface area contributed by atoms with Gasteiger partial charge in [0.25, 0.3) is 0 Å². The molecule has 0 saturated heterocycles. The minimum atomic E-state index is -4.32. The molecule has 4 saturated carbocycles. The van der Waals surface area contributed by atoms with Crippen LogP contribution in [0, 0.1) is 46.3 Å². The number of aliphatic hydroxyl groups excluding tert-OH is 1. The summed E-state index contributed by atoms with van der Waals surface area (Å²) in [6.45, 7) is 7.51. The van der Waals surface area contributed by atoms with Crippen molar-refractivity contribution in [3.63, 3.8) is 0 Å². The molecule has 0 aromatic heterocycles. The van der Waals surface area contributed by atoms with Gasteiger partial charge < -0.3 is 5.11 Å². The summed E-state index contributed by atoms with van der Waals surface area (Å²) in [7, 11) is -4.32. The van der Waals surface area contributed by atoms with Gasteiger partial charge in [0, 0.05) is 0 Å². The van der Waals surface area contributed by atoms with E-state index in [0.717, 1.165) is 37.0 Å². The van der Waals surface area contributed by atoms with Crippen LogP contribution < -0.4 is 0 Å². The lowest BCUT2D eigenvalue weighted by molar-refractivity contribution is -0.129. The van der Waals surface area contributed by atoms with Gasteiger partial charge in [0.2, 0.25) is 0 Å². The first kappa shape index (κ1) is 23.0. The Morgan fingerprint density at radius 1 is 1.00 bits per heavy atom. The van der Waals surface area contributed by atoms with Gasteiger partial charge in [0.1, 0.15) is 0 Å².